The smallest absolute Gasteiger partial charge is 0.222 e. The van der Waals surface area contributed by atoms with Crippen molar-refractivity contribution < 1.29 is 4.79 Å². The number of hydrogen-bond donors (Lipinski definition) is 1. The lowest BCUT2D eigenvalue weighted by Crippen LogP contribution is -2.48. The number of benzene rings is 1. The topological polar surface area (TPSA) is 49.6 Å². The van der Waals surface area contributed by atoms with Crippen molar-refractivity contribution in [2.24, 2.45) is 0 Å². The molecule has 2 aliphatic heterocycles. The third-order valence-corrected chi connectivity index (χ3v) is 7.79. The van der Waals surface area contributed by atoms with E-state index in [1.807, 2.05) is 38.6 Å². The lowest BCUT2D eigenvalue weighted by molar-refractivity contribution is -0.131. The number of nitrogens with zero attached hydrogens (tertiary/aromatic N) is 2. The van der Waals surface area contributed by atoms with Crippen LogP contribution in [0.5, 0.6) is 0 Å². The van der Waals surface area contributed by atoms with Crippen LogP contribution < -0.4 is 10.6 Å². The fourth-order valence-corrected chi connectivity index (χ4v) is 6.30. The first-order valence-electron chi connectivity index (χ1n) is 8.89. The predicted molar refractivity (Wildman–Crippen MR) is 107 cm³/mol. The van der Waals surface area contributed by atoms with Crippen LogP contribution in [0.1, 0.15) is 32.1 Å². The van der Waals surface area contributed by atoms with Gasteiger partial charge in [-0.1, -0.05) is 28.0 Å². The second-order valence-corrected chi connectivity index (χ2v) is 9.32. The van der Waals surface area contributed by atoms with Gasteiger partial charge in [-0.15, -0.1) is 0 Å². The number of rotatable bonds is 6. The molecule has 1 aromatic rings. The number of carbonyl (C=O) groups is 1. The molecule has 0 spiro atoms. The second-order valence-electron chi connectivity index (χ2n) is 6.53. The summed E-state index contributed by atoms with van der Waals surface area (Å²) in [7, 11) is 4.03. The van der Waals surface area contributed by atoms with E-state index in [0.717, 1.165) is 43.5 Å². The van der Waals surface area contributed by atoms with Crippen LogP contribution in [0.3, 0.4) is 0 Å². The Kier molecular flexibility index (Phi) is 6.60. The van der Waals surface area contributed by atoms with Gasteiger partial charge in [0, 0.05) is 55.0 Å². The molecule has 1 atom stereocenters. The SMILES string of the molecule is Nc1ccc(N2CCN(C(=O)CCCCC3CCSS3)CC2)cc1. The highest BCUT2D eigenvalue weighted by Crippen LogP contribution is 2.39. The number of nitrogen functional groups attached to an aromatic ring is 1. The van der Waals surface area contributed by atoms with Gasteiger partial charge in [-0.2, -0.15) is 0 Å². The number of unbranched alkanes of at least 4 members (excludes halogenated alkanes) is 1. The number of anilines is 2. The van der Waals surface area contributed by atoms with Crippen LogP contribution in [0.2, 0.25) is 0 Å². The minimum absolute atomic E-state index is 0.334. The number of piperazine rings is 1. The molecule has 6 heteroatoms. The molecule has 0 aromatic heterocycles. The van der Waals surface area contributed by atoms with Gasteiger partial charge in [-0.05, 0) is 43.5 Å². The Morgan fingerprint density at radius 2 is 1.88 bits per heavy atom. The van der Waals surface area contributed by atoms with Crippen LogP contribution in [0, 0.1) is 0 Å². The highest BCUT2D eigenvalue weighted by atomic mass is 33.1. The Morgan fingerprint density at radius 3 is 2.54 bits per heavy atom. The fraction of sp³-hybridized carbons (Fsp3) is 0.611. The molecule has 0 bridgehead atoms. The van der Waals surface area contributed by atoms with Gasteiger partial charge in [0.15, 0.2) is 0 Å². The Labute approximate surface area is 152 Å². The maximum Gasteiger partial charge on any atom is 0.222 e. The second kappa shape index (κ2) is 8.90. The summed E-state index contributed by atoms with van der Waals surface area (Å²) in [5.41, 5.74) is 7.73. The summed E-state index contributed by atoms with van der Waals surface area (Å²) >= 11 is 0. The van der Waals surface area contributed by atoms with Crippen LogP contribution in [-0.4, -0.2) is 48.0 Å². The molecule has 0 radical (unpaired) electrons. The zero-order chi connectivity index (χ0) is 16.8. The molecule has 2 N–H and O–H groups in total. The molecule has 3 rings (SSSR count). The summed E-state index contributed by atoms with van der Waals surface area (Å²) in [6.07, 6.45) is 5.56. The molecule has 1 amide bonds. The van der Waals surface area contributed by atoms with Crippen molar-refractivity contribution in [1.29, 1.82) is 0 Å². The van der Waals surface area contributed by atoms with Gasteiger partial charge in [0.05, 0.1) is 0 Å². The average Bonchev–Trinajstić information content (AvgIpc) is 3.13. The first kappa shape index (κ1) is 17.8. The monoisotopic (exact) mass is 365 g/mol. The van der Waals surface area contributed by atoms with Crippen molar-refractivity contribution in [2.45, 2.75) is 37.4 Å². The van der Waals surface area contributed by atoms with Gasteiger partial charge < -0.3 is 15.5 Å². The number of nitrogens with two attached hydrogens (primary N) is 1. The largest absolute Gasteiger partial charge is 0.399 e. The molecule has 2 heterocycles. The average molecular weight is 366 g/mol. The van der Waals surface area contributed by atoms with E-state index in [9.17, 15) is 4.79 Å². The van der Waals surface area contributed by atoms with Gasteiger partial charge in [0.1, 0.15) is 0 Å². The van der Waals surface area contributed by atoms with Crippen LogP contribution in [0.4, 0.5) is 11.4 Å². The Morgan fingerprint density at radius 1 is 1.12 bits per heavy atom. The van der Waals surface area contributed by atoms with Gasteiger partial charge in [0.25, 0.3) is 0 Å². The molecule has 1 aromatic carbocycles. The summed E-state index contributed by atoms with van der Waals surface area (Å²) in [6.45, 7) is 3.48. The minimum atomic E-state index is 0.334. The molecule has 2 aliphatic rings. The van der Waals surface area contributed by atoms with E-state index >= 15 is 0 Å². The quantitative estimate of drug-likeness (QED) is 0.474. The van der Waals surface area contributed by atoms with Gasteiger partial charge in [-0.3, -0.25) is 4.79 Å². The van der Waals surface area contributed by atoms with Gasteiger partial charge >= 0.3 is 0 Å². The van der Waals surface area contributed by atoms with E-state index in [2.05, 4.69) is 17.0 Å². The van der Waals surface area contributed by atoms with Crippen molar-refractivity contribution >= 4 is 38.9 Å². The zero-order valence-electron chi connectivity index (χ0n) is 14.2. The van der Waals surface area contributed by atoms with Crippen LogP contribution in [-0.2, 0) is 4.79 Å². The van der Waals surface area contributed by atoms with Crippen LogP contribution in [0.25, 0.3) is 0 Å². The standard InChI is InChI=1S/C18H27N3OS2/c19-15-5-7-16(8-6-15)20-10-12-21(13-11-20)18(22)4-2-1-3-17-9-14-23-24-17/h5-8,17H,1-4,9-14,19H2. The number of carbonyl (C=O) groups excluding carboxylic acids is 1. The van der Waals surface area contributed by atoms with E-state index in [0.29, 0.717) is 12.3 Å². The van der Waals surface area contributed by atoms with Gasteiger partial charge in [0.2, 0.25) is 5.91 Å². The van der Waals surface area contributed by atoms with Crippen LogP contribution in [0.15, 0.2) is 24.3 Å². The van der Waals surface area contributed by atoms with E-state index in [1.54, 1.807) is 0 Å². The molecule has 2 saturated heterocycles. The molecule has 0 aliphatic carbocycles. The molecule has 0 saturated carbocycles. The molecule has 132 valence electrons. The van der Waals surface area contributed by atoms with Crippen molar-refractivity contribution in [3.63, 3.8) is 0 Å². The van der Waals surface area contributed by atoms with E-state index < -0.39 is 0 Å². The lowest BCUT2D eigenvalue weighted by Gasteiger charge is -2.36. The fourth-order valence-electron chi connectivity index (χ4n) is 3.27. The van der Waals surface area contributed by atoms with Crippen molar-refractivity contribution in [2.75, 3.05) is 42.6 Å². The van der Waals surface area contributed by atoms with E-state index in [-0.39, 0.29) is 0 Å². The zero-order valence-corrected chi connectivity index (χ0v) is 15.8. The first-order valence-corrected chi connectivity index (χ1v) is 11.3. The van der Waals surface area contributed by atoms with Crippen molar-refractivity contribution in [3.05, 3.63) is 24.3 Å². The van der Waals surface area contributed by atoms with Gasteiger partial charge in [-0.25, -0.2) is 0 Å². The third kappa shape index (κ3) is 4.99. The summed E-state index contributed by atoms with van der Waals surface area (Å²) in [5, 5.41) is 0.827. The molecular weight excluding hydrogens is 338 g/mol. The van der Waals surface area contributed by atoms with E-state index in [1.165, 1.54) is 30.7 Å². The number of amides is 1. The lowest BCUT2D eigenvalue weighted by atomic mass is 10.1. The molecular formula is C18H27N3OS2. The third-order valence-electron chi connectivity index (χ3n) is 4.78. The Balaban J connectivity index is 1.34. The van der Waals surface area contributed by atoms with Crippen LogP contribution >= 0.6 is 21.6 Å². The normalized spacial score (nSPS) is 21.2. The Bertz CT molecular complexity index is 524. The summed E-state index contributed by atoms with van der Waals surface area (Å²) in [6, 6.07) is 8.00. The maximum atomic E-state index is 12.4. The molecule has 1 unspecified atom stereocenters. The Hall–Kier alpha value is -1.01. The maximum absolute atomic E-state index is 12.4. The van der Waals surface area contributed by atoms with Crippen molar-refractivity contribution in [1.82, 2.24) is 4.90 Å². The first-order chi connectivity index (χ1) is 11.7. The molecule has 24 heavy (non-hydrogen) atoms. The highest BCUT2D eigenvalue weighted by Gasteiger charge is 2.21. The predicted octanol–water partition coefficient (Wildman–Crippen LogP) is 3.63. The number of hydrogen-bond acceptors (Lipinski definition) is 5. The summed E-state index contributed by atoms with van der Waals surface area (Å²) in [4.78, 5) is 16.7. The summed E-state index contributed by atoms with van der Waals surface area (Å²) in [5.74, 6) is 1.63. The van der Waals surface area contributed by atoms with Crippen molar-refractivity contribution in [3.8, 4) is 0 Å². The molecule has 4 nitrogen and oxygen atoms in total. The van der Waals surface area contributed by atoms with E-state index in [4.69, 9.17) is 5.73 Å². The summed E-state index contributed by atoms with van der Waals surface area (Å²) < 4.78 is 0. The highest BCUT2D eigenvalue weighted by molar-refractivity contribution is 8.77. The molecule has 2 fully saturated rings. The minimum Gasteiger partial charge on any atom is -0.399 e.